The molecule has 3 N–H and O–H groups in total. The van der Waals surface area contributed by atoms with Crippen molar-refractivity contribution in [1.29, 1.82) is 0 Å². The number of ether oxygens (including phenoxy) is 1. The van der Waals surface area contributed by atoms with Crippen LogP contribution in [0.4, 0.5) is 17.1 Å². The molecule has 1 saturated carbocycles. The summed E-state index contributed by atoms with van der Waals surface area (Å²) in [6.45, 7) is 15.0. The maximum Gasteiger partial charge on any atom is 0.293 e. The summed E-state index contributed by atoms with van der Waals surface area (Å²) < 4.78 is 36.2. The van der Waals surface area contributed by atoms with Crippen molar-refractivity contribution >= 4 is 61.1 Å². The average molecular weight is 923 g/mol. The average Bonchev–Trinajstić information content (AvgIpc) is 3.76. The van der Waals surface area contributed by atoms with E-state index in [1.54, 1.807) is 18.2 Å². The number of nitrogens with one attached hydrogen (secondary N) is 3. The van der Waals surface area contributed by atoms with Crippen molar-refractivity contribution in [2.24, 2.45) is 5.41 Å². The van der Waals surface area contributed by atoms with Crippen LogP contribution in [0.1, 0.15) is 88.6 Å². The Balaban J connectivity index is 0.989. The van der Waals surface area contributed by atoms with Gasteiger partial charge in [-0.1, -0.05) is 57.0 Å². The molecular formula is C50H60ClN7O6S. The van der Waals surface area contributed by atoms with Gasteiger partial charge in [0, 0.05) is 84.7 Å². The molecule has 8 rings (SSSR count). The van der Waals surface area contributed by atoms with Crippen LogP contribution in [-0.4, -0.2) is 91.9 Å². The first kappa shape index (κ1) is 46.1. The Kier molecular flexibility index (Phi) is 13.9. The van der Waals surface area contributed by atoms with Crippen LogP contribution in [0.5, 0.6) is 11.5 Å². The molecule has 0 bridgehead atoms. The van der Waals surface area contributed by atoms with Crippen molar-refractivity contribution in [1.82, 2.24) is 19.5 Å². The van der Waals surface area contributed by atoms with Crippen LogP contribution in [0.3, 0.4) is 0 Å². The minimum absolute atomic E-state index is 0.000108. The number of H-pyrrole nitrogens is 1. The van der Waals surface area contributed by atoms with Crippen LogP contribution in [0.25, 0.3) is 16.5 Å². The fraction of sp³-hybridized carbons (Fsp3) is 0.420. The molecule has 4 aromatic carbocycles. The minimum atomic E-state index is -4.55. The van der Waals surface area contributed by atoms with Gasteiger partial charge in [-0.3, -0.25) is 19.8 Å². The number of nitro groups is 1. The summed E-state index contributed by atoms with van der Waals surface area (Å²) in [6, 6.07) is 25.0. The van der Waals surface area contributed by atoms with Gasteiger partial charge in [-0.15, -0.1) is 0 Å². The first-order valence-corrected chi connectivity index (χ1v) is 24.7. The van der Waals surface area contributed by atoms with Gasteiger partial charge in [0.25, 0.3) is 21.6 Å². The highest BCUT2D eigenvalue weighted by Gasteiger charge is 2.31. The number of sulfonamides is 1. The number of hydrogen-bond donors (Lipinski definition) is 3. The Labute approximate surface area is 387 Å². The Morgan fingerprint density at radius 1 is 0.938 bits per heavy atom. The molecule has 15 heteroatoms. The van der Waals surface area contributed by atoms with Crippen LogP contribution < -0.4 is 19.7 Å². The van der Waals surface area contributed by atoms with Crippen LogP contribution >= 0.6 is 11.6 Å². The van der Waals surface area contributed by atoms with Gasteiger partial charge in [0.15, 0.2) is 0 Å². The molecule has 1 amide bonds. The van der Waals surface area contributed by atoms with Crippen molar-refractivity contribution in [3.63, 3.8) is 0 Å². The maximum absolute atomic E-state index is 14.0. The zero-order chi connectivity index (χ0) is 45.9. The zero-order valence-electron chi connectivity index (χ0n) is 37.7. The molecule has 0 atom stereocenters. The number of aromatic nitrogens is 1. The monoisotopic (exact) mass is 921 g/mol. The SMILES string of the molecule is CCN(CC)C1CCC(Nc2ccc(S(=O)(=O)NC(=O)c3ccc(N4CCN(CC5=C(c6ccc(Cl)cc6)CC(C)(C)CC5)CC4)cc3Oc3ccc4[nH]ccc4c3)cc2[N+](=O)[O-])CC1. The smallest absolute Gasteiger partial charge is 0.293 e. The standard InChI is InChI=1S/C50H60ClN7O6S/c1-5-56(6-2)39-13-11-38(12-14-39)53-46-20-17-42(31-47(46)58(60)61)65(62,63)54-49(59)43-18-15-40(30-48(43)64-41-16-19-45-35(29-41)22-24-52-45)57-27-25-55(26-28-57)33-36-21-23-50(3,4)32-44(36)34-7-9-37(51)10-8-34/h7-10,15-20,22,24,29-31,38-39,52-53H,5-6,11-14,21,23,25-28,32-33H2,1-4H3,(H,54,59). The molecule has 2 fully saturated rings. The molecule has 3 aliphatic rings. The first-order chi connectivity index (χ1) is 31.2. The molecule has 1 saturated heterocycles. The molecule has 1 aliphatic heterocycles. The lowest BCUT2D eigenvalue weighted by Gasteiger charge is -2.39. The maximum atomic E-state index is 14.0. The Hall–Kier alpha value is -5.41. The summed E-state index contributed by atoms with van der Waals surface area (Å²) in [5, 5.41) is 17.2. The van der Waals surface area contributed by atoms with Crippen LogP contribution in [0, 0.1) is 15.5 Å². The largest absolute Gasteiger partial charge is 0.456 e. The molecule has 0 spiro atoms. The molecule has 5 aromatic rings. The fourth-order valence-electron chi connectivity index (χ4n) is 9.83. The van der Waals surface area contributed by atoms with E-state index in [-0.39, 0.29) is 34.1 Å². The van der Waals surface area contributed by atoms with Gasteiger partial charge in [0.1, 0.15) is 17.2 Å². The molecular weight excluding hydrogens is 862 g/mol. The number of piperazine rings is 1. The lowest BCUT2D eigenvalue weighted by Crippen LogP contribution is -2.47. The second-order valence-corrected chi connectivity index (χ2v) is 20.6. The highest BCUT2D eigenvalue weighted by molar-refractivity contribution is 7.90. The summed E-state index contributed by atoms with van der Waals surface area (Å²) in [5.41, 5.74) is 5.99. The zero-order valence-corrected chi connectivity index (χ0v) is 39.3. The third kappa shape index (κ3) is 10.8. The number of carbonyl (C=O) groups excluding carboxylic acids is 1. The molecule has 0 radical (unpaired) electrons. The second kappa shape index (κ2) is 19.6. The predicted molar refractivity (Wildman–Crippen MR) is 260 cm³/mol. The Morgan fingerprint density at radius 2 is 1.68 bits per heavy atom. The second-order valence-electron chi connectivity index (χ2n) is 18.4. The normalized spacial score (nSPS) is 19.4. The van der Waals surface area contributed by atoms with Crippen LogP contribution in [-0.2, 0) is 10.0 Å². The molecule has 2 aliphatic carbocycles. The lowest BCUT2D eigenvalue weighted by molar-refractivity contribution is -0.384. The van der Waals surface area contributed by atoms with Gasteiger partial charge >= 0.3 is 0 Å². The number of hydrogen-bond acceptors (Lipinski definition) is 10. The quantitative estimate of drug-likeness (QED) is 0.0683. The van der Waals surface area contributed by atoms with Gasteiger partial charge in [-0.25, -0.2) is 13.1 Å². The number of allylic oxidation sites excluding steroid dienone is 1. The number of aromatic amines is 1. The minimum Gasteiger partial charge on any atom is -0.456 e. The topological polar surface area (TPSA) is 153 Å². The third-order valence-electron chi connectivity index (χ3n) is 13.6. The molecule has 65 heavy (non-hydrogen) atoms. The van der Waals surface area contributed by atoms with Gasteiger partial charge in [0.05, 0.1) is 15.4 Å². The molecule has 344 valence electrons. The van der Waals surface area contributed by atoms with E-state index in [0.29, 0.717) is 11.8 Å². The van der Waals surface area contributed by atoms with Crippen LogP contribution in [0.15, 0.2) is 102 Å². The lowest BCUT2D eigenvalue weighted by atomic mass is 9.72. The summed E-state index contributed by atoms with van der Waals surface area (Å²) >= 11 is 6.25. The van der Waals surface area contributed by atoms with E-state index < -0.39 is 25.7 Å². The predicted octanol–water partition coefficient (Wildman–Crippen LogP) is 10.5. The van der Waals surface area contributed by atoms with Gasteiger partial charge in [-0.05, 0) is 135 Å². The third-order valence-corrected chi connectivity index (χ3v) is 15.2. The number of nitro benzene ring substituents is 1. The van der Waals surface area contributed by atoms with E-state index in [1.165, 1.54) is 28.8 Å². The van der Waals surface area contributed by atoms with Crippen molar-refractivity contribution in [3.8, 4) is 11.5 Å². The molecule has 1 aromatic heterocycles. The Bertz CT molecular complexity index is 2660. The van der Waals surface area contributed by atoms with Crippen molar-refractivity contribution < 1.29 is 22.9 Å². The number of rotatable bonds is 15. The van der Waals surface area contributed by atoms with E-state index in [9.17, 15) is 23.3 Å². The number of nitrogens with zero attached hydrogens (tertiary/aromatic N) is 4. The van der Waals surface area contributed by atoms with E-state index in [2.05, 4.69) is 69.6 Å². The number of carbonyl (C=O) groups is 1. The summed E-state index contributed by atoms with van der Waals surface area (Å²) in [6.07, 6.45) is 8.68. The number of anilines is 2. The molecule has 13 nitrogen and oxygen atoms in total. The highest BCUT2D eigenvalue weighted by atomic mass is 35.5. The molecule has 0 unspecified atom stereocenters. The highest BCUT2D eigenvalue weighted by Crippen LogP contribution is 2.44. The number of fused-ring (bicyclic) bond motifs is 1. The van der Waals surface area contributed by atoms with E-state index in [1.807, 2.05) is 42.6 Å². The molecule has 2 heterocycles. The van der Waals surface area contributed by atoms with Crippen molar-refractivity contribution in [2.75, 3.05) is 56.0 Å². The van der Waals surface area contributed by atoms with Crippen LogP contribution in [0.2, 0.25) is 5.02 Å². The van der Waals surface area contributed by atoms with Gasteiger partial charge in [-0.2, -0.15) is 0 Å². The summed E-state index contributed by atoms with van der Waals surface area (Å²) in [5.74, 6) is -0.276. The van der Waals surface area contributed by atoms with Crippen molar-refractivity contribution in [2.45, 2.75) is 89.6 Å². The number of amides is 1. The van der Waals surface area contributed by atoms with E-state index in [4.69, 9.17) is 16.3 Å². The first-order valence-electron chi connectivity index (χ1n) is 22.9. The summed E-state index contributed by atoms with van der Waals surface area (Å²) in [7, 11) is -4.55. The number of benzene rings is 4. The van der Waals surface area contributed by atoms with Gasteiger partial charge < -0.3 is 24.8 Å². The Morgan fingerprint density at radius 3 is 2.38 bits per heavy atom. The van der Waals surface area contributed by atoms with E-state index >= 15 is 0 Å². The van der Waals surface area contributed by atoms with Gasteiger partial charge in [0.2, 0.25) is 0 Å². The summed E-state index contributed by atoms with van der Waals surface area (Å²) in [4.78, 5) is 35.7. The fourth-order valence-corrected chi connectivity index (χ4v) is 10.9. The van der Waals surface area contributed by atoms with E-state index in [0.717, 1.165) is 118 Å². The number of halogens is 1. The van der Waals surface area contributed by atoms with Crippen molar-refractivity contribution in [3.05, 3.63) is 123 Å².